The van der Waals surface area contributed by atoms with Gasteiger partial charge in [0.2, 0.25) is 70.9 Å². The number of aliphatic carboxylic acids is 2. The maximum absolute atomic E-state index is 15.0. The molecule has 0 fully saturated rings. The third kappa shape index (κ3) is 39.0. The van der Waals surface area contributed by atoms with Crippen molar-refractivity contribution in [3.8, 4) is 5.75 Å². The Morgan fingerprint density at radius 1 is 0.407 bits per heavy atom. The first-order chi connectivity index (χ1) is 55.6. The summed E-state index contributed by atoms with van der Waals surface area (Å²) in [5.41, 5.74) is 35.2. The highest BCUT2D eigenvalue weighted by Crippen LogP contribution is 2.18. The Bertz CT molecular complexity index is 3800. The highest BCUT2D eigenvalue weighted by molar-refractivity contribution is 6.00. The van der Waals surface area contributed by atoms with Gasteiger partial charge in [0.25, 0.3) is 0 Å². The van der Waals surface area contributed by atoms with E-state index in [1.54, 1.807) is 99.6 Å². The van der Waals surface area contributed by atoms with E-state index in [1.165, 1.54) is 43.7 Å². The number of carboxylic acids is 2. The van der Waals surface area contributed by atoms with E-state index in [9.17, 15) is 72.5 Å². The molecule has 1 heterocycles. The largest absolute Gasteiger partial charge is 0.508 e. The number of carbonyl (C=O) groups excluding carboxylic acids is 12. The fourth-order valence-electron chi connectivity index (χ4n) is 12.4. The van der Waals surface area contributed by atoms with E-state index in [0.29, 0.717) is 23.2 Å². The Kier molecular flexibility index (Phi) is 44.6. The van der Waals surface area contributed by atoms with Gasteiger partial charge in [-0.15, -0.1) is 0 Å². The van der Waals surface area contributed by atoms with Crippen LogP contribution in [0.4, 0.5) is 0 Å². The number of aromatic amines is 1. The number of carboxylic acid groups (broad SMARTS) is 2. The van der Waals surface area contributed by atoms with Crippen molar-refractivity contribution >= 4 is 94.7 Å². The third-order valence-electron chi connectivity index (χ3n) is 18.6. The fraction of sp³-hybridized carbons (Fsp3) is 0.608. The van der Waals surface area contributed by atoms with E-state index in [2.05, 4.69) is 83.8 Å². The second-order valence-corrected chi connectivity index (χ2v) is 31.5. The molecular formula is C79H128N22O17. The van der Waals surface area contributed by atoms with Gasteiger partial charge in [-0.1, -0.05) is 112 Å². The number of nitrogens with two attached hydrogens (primary N) is 6. The van der Waals surface area contributed by atoms with Crippen molar-refractivity contribution in [1.82, 2.24) is 73.8 Å². The predicted octanol–water partition coefficient (Wildman–Crippen LogP) is -1.67. The summed E-state index contributed by atoms with van der Waals surface area (Å²) in [6.45, 7) is 19.2. The van der Waals surface area contributed by atoms with Crippen LogP contribution in [-0.4, -0.2) is 218 Å². The normalized spacial score (nSPS) is 14.6. The topological polar surface area (TPSA) is 654 Å². The average molecular weight is 1660 g/mol. The molecule has 0 aliphatic heterocycles. The fourth-order valence-corrected chi connectivity index (χ4v) is 12.4. The van der Waals surface area contributed by atoms with E-state index in [4.69, 9.17) is 39.5 Å². The van der Waals surface area contributed by atoms with Gasteiger partial charge in [0.15, 0.2) is 11.9 Å². The number of guanidine groups is 2. The molecule has 0 bridgehead atoms. The standard InChI is InChI=1S/C79H128N22O17/c1-42(2)33-56(69(109)91-53(21-15-16-30-80)68(108)98-61(38-49-24-26-51(102)27-25-49)72(112)92-54(22-17-31-87-78(82)83)67(107)90-47(11)65(105)93-55(77(117)118)23-18-32-88-79(84)85)95-70(110)57(34-43(3)4)96-71(111)58(35-44(5)6)97-73(113)60(37-48-19-13-12-14-20-48)99-74(114)62(39-50-40-86-41-89-50)100-76(116)64(46(9)10)101-75(115)59(36-45(7)8)94-66(106)52(81)28-29-63(103)104/h12-14,19-20,24-27,40-47,52-62,64,102H,15-18,21-23,28-39,80-81H2,1-11H3,(H,86,89)(H,90,107)(H,91,109)(H,92,112)(H,93,105)(H,94,106)(H,95,110)(H,96,111)(H,97,113)(H,98,108)(H,99,114)(H,100,116)(H,101,115)(H,103,104)(H,117,118)(H4,82,83,87)(H4,84,85,88)/t47-,52-,53-,54-,55-,56-,57-,58-,59-,60-,61-,62-,64-/m0/s1. The molecule has 3 aromatic rings. The number of imidazole rings is 1. The summed E-state index contributed by atoms with van der Waals surface area (Å²) in [5.74, 6) is -14.8. The quantitative estimate of drug-likeness (QED) is 0.0171. The Balaban J connectivity index is 2.01. The second-order valence-electron chi connectivity index (χ2n) is 31.5. The van der Waals surface area contributed by atoms with Crippen LogP contribution < -0.4 is 98.2 Å². The molecule has 656 valence electrons. The molecule has 0 unspecified atom stereocenters. The Hall–Kier alpha value is -11.5. The van der Waals surface area contributed by atoms with Gasteiger partial charge >= 0.3 is 11.9 Å². The number of phenols is 1. The number of nitrogens with one attached hydrogen (secondary N) is 13. The van der Waals surface area contributed by atoms with Crippen LogP contribution in [0.15, 0.2) is 77.1 Å². The van der Waals surface area contributed by atoms with Crippen LogP contribution in [0.1, 0.15) is 176 Å². The number of hydrogen-bond donors (Lipinski definition) is 22. The molecule has 28 N–H and O–H groups in total. The van der Waals surface area contributed by atoms with Crippen LogP contribution in [-0.2, 0) is 86.4 Å². The van der Waals surface area contributed by atoms with Gasteiger partial charge in [0.1, 0.15) is 78.3 Å². The smallest absolute Gasteiger partial charge is 0.326 e. The molecule has 0 aliphatic carbocycles. The molecule has 0 saturated carbocycles. The molecule has 0 saturated heterocycles. The van der Waals surface area contributed by atoms with E-state index in [-0.39, 0.29) is 151 Å². The molecule has 13 atom stereocenters. The Morgan fingerprint density at radius 2 is 0.771 bits per heavy atom. The second kappa shape index (κ2) is 52.2. The molecule has 2 aromatic carbocycles. The zero-order chi connectivity index (χ0) is 88.5. The van der Waals surface area contributed by atoms with Crippen LogP contribution in [0, 0.1) is 29.6 Å². The summed E-state index contributed by atoms with van der Waals surface area (Å²) in [5, 5.41) is 61.5. The Morgan fingerprint density at radius 3 is 1.18 bits per heavy atom. The average Bonchev–Trinajstić information content (AvgIpc) is 1.06. The molecule has 12 amide bonds. The van der Waals surface area contributed by atoms with Crippen LogP contribution in [0.3, 0.4) is 0 Å². The highest BCUT2D eigenvalue weighted by atomic mass is 16.4. The van der Waals surface area contributed by atoms with Crippen molar-refractivity contribution in [1.29, 1.82) is 0 Å². The van der Waals surface area contributed by atoms with Gasteiger partial charge in [0, 0.05) is 50.7 Å². The number of amides is 12. The van der Waals surface area contributed by atoms with E-state index in [0.717, 1.165) is 0 Å². The summed E-state index contributed by atoms with van der Waals surface area (Å²) in [7, 11) is 0. The summed E-state index contributed by atoms with van der Waals surface area (Å²) in [6.07, 6.45) is 2.33. The van der Waals surface area contributed by atoms with Crippen molar-refractivity contribution in [2.75, 3.05) is 19.6 Å². The maximum Gasteiger partial charge on any atom is 0.326 e. The van der Waals surface area contributed by atoms with Gasteiger partial charge < -0.3 is 119 Å². The van der Waals surface area contributed by atoms with Crippen LogP contribution in [0.25, 0.3) is 0 Å². The minimum absolute atomic E-state index is 0.00265. The monoisotopic (exact) mass is 1660 g/mol. The van der Waals surface area contributed by atoms with Crippen LogP contribution >= 0.6 is 0 Å². The molecule has 1 aromatic heterocycles. The van der Waals surface area contributed by atoms with E-state index in [1.807, 2.05) is 0 Å². The SMILES string of the molecule is CC(C)C[C@H](NC(=O)[C@H](CC(C)C)NC(=O)[C@H](CC(C)C)NC(=O)[C@H](Cc1ccccc1)NC(=O)[C@H](Cc1cnc[nH]1)NC(=O)[C@@H](NC(=O)[C@H](CC(C)C)NC(=O)[C@@H](N)CCC(=O)O)C(C)C)C(=O)N[C@@H](CCCCN)C(=O)N[C@@H](Cc1ccc(O)cc1)C(=O)N[C@@H](CCCN=C(N)N)C(=O)N[C@@H](C)C(=O)N[C@@H](CCCN=C(N)N)C(=O)O. The van der Waals surface area contributed by atoms with Crippen molar-refractivity contribution in [3.63, 3.8) is 0 Å². The molecule has 39 nitrogen and oxygen atoms in total. The Labute approximate surface area is 688 Å². The van der Waals surface area contributed by atoms with Gasteiger partial charge in [-0.05, 0) is 143 Å². The summed E-state index contributed by atoms with van der Waals surface area (Å²) in [6, 6.07) is -3.63. The van der Waals surface area contributed by atoms with Gasteiger partial charge in [-0.25, -0.2) is 9.78 Å². The van der Waals surface area contributed by atoms with Crippen molar-refractivity contribution in [2.24, 2.45) is 74.0 Å². The predicted molar refractivity (Wildman–Crippen MR) is 441 cm³/mol. The van der Waals surface area contributed by atoms with E-state index >= 15 is 4.79 Å². The number of H-pyrrole nitrogens is 1. The number of aromatic nitrogens is 2. The van der Waals surface area contributed by atoms with Gasteiger partial charge in [-0.2, -0.15) is 0 Å². The molecule has 0 aliphatic rings. The number of unbranched alkanes of at least 4 members (excludes halogenated alkanes) is 1. The number of nitrogens with zero attached hydrogens (tertiary/aromatic N) is 3. The van der Waals surface area contributed by atoms with Gasteiger partial charge in [0.05, 0.1) is 12.4 Å². The molecule has 3 rings (SSSR count). The molecule has 0 spiro atoms. The number of aromatic hydroxyl groups is 1. The molecular weight excluding hydrogens is 1530 g/mol. The number of phenolic OH excluding ortho intramolecular Hbond substituents is 1. The van der Waals surface area contributed by atoms with Crippen molar-refractivity contribution in [3.05, 3.63) is 83.9 Å². The maximum atomic E-state index is 15.0. The minimum atomic E-state index is -1.52. The lowest BCUT2D eigenvalue weighted by Gasteiger charge is -2.30. The van der Waals surface area contributed by atoms with E-state index < -0.39 is 174 Å². The number of benzene rings is 2. The number of hydrogen-bond acceptors (Lipinski definition) is 20. The number of aliphatic imine (C=N–C) groups is 2. The first kappa shape index (κ1) is 101. The first-order valence-electron chi connectivity index (χ1n) is 40.0. The molecule has 39 heteroatoms. The first-order valence-corrected chi connectivity index (χ1v) is 40.0. The number of rotatable bonds is 55. The summed E-state index contributed by atoms with van der Waals surface area (Å²) >= 11 is 0. The molecule has 118 heavy (non-hydrogen) atoms. The highest BCUT2D eigenvalue weighted by Gasteiger charge is 2.39. The van der Waals surface area contributed by atoms with Gasteiger partial charge in [-0.3, -0.25) is 72.3 Å². The lowest BCUT2D eigenvalue weighted by molar-refractivity contribution is -0.142. The lowest BCUT2D eigenvalue weighted by Crippen LogP contribution is -2.62. The number of carbonyl (C=O) groups is 14. The summed E-state index contributed by atoms with van der Waals surface area (Å²) in [4.78, 5) is 212. The zero-order valence-electron chi connectivity index (χ0n) is 69.5. The lowest BCUT2D eigenvalue weighted by atomic mass is 9.98. The minimum Gasteiger partial charge on any atom is -0.508 e. The third-order valence-corrected chi connectivity index (χ3v) is 18.6. The van der Waals surface area contributed by atoms with Crippen molar-refractivity contribution in [2.45, 2.75) is 257 Å². The molecule has 0 radical (unpaired) electrons. The zero-order valence-corrected chi connectivity index (χ0v) is 69.5. The van der Waals surface area contributed by atoms with Crippen LogP contribution in [0.2, 0.25) is 0 Å². The summed E-state index contributed by atoms with van der Waals surface area (Å²) < 4.78 is 0. The van der Waals surface area contributed by atoms with Crippen LogP contribution in [0.5, 0.6) is 5.75 Å². The van der Waals surface area contributed by atoms with Crippen molar-refractivity contribution < 1.29 is 82.4 Å².